The zero-order chi connectivity index (χ0) is 12.4. The van der Waals surface area contributed by atoms with E-state index in [9.17, 15) is 4.79 Å². The molecule has 0 amide bonds. The van der Waals surface area contributed by atoms with Crippen molar-refractivity contribution in [3.05, 3.63) is 30.0 Å². The van der Waals surface area contributed by atoms with Crippen LogP contribution in [-0.2, 0) is 0 Å². The minimum absolute atomic E-state index is 0.173. The molecule has 1 aromatic heterocycles. The lowest BCUT2D eigenvalue weighted by Crippen LogP contribution is -1.96. The molecule has 0 aliphatic heterocycles. The Labute approximate surface area is 96.6 Å². The van der Waals surface area contributed by atoms with Gasteiger partial charge in [0, 0.05) is 5.56 Å². The number of hydrogen-bond donors (Lipinski definition) is 2. The van der Waals surface area contributed by atoms with E-state index in [2.05, 4.69) is 4.98 Å². The monoisotopic (exact) mass is 234 g/mol. The average Bonchev–Trinajstić information content (AvgIpc) is 2.72. The maximum Gasteiger partial charge on any atom is 0.374 e. The molecular formula is C11H10N2O4. The first-order valence-electron chi connectivity index (χ1n) is 4.76. The number of oxazole rings is 1. The number of rotatable bonds is 3. The first kappa shape index (κ1) is 11.0. The predicted octanol–water partition coefficient (Wildman–Crippen LogP) is 1.63. The Balaban J connectivity index is 2.48. The first-order valence-corrected chi connectivity index (χ1v) is 4.76. The van der Waals surface area contributed by atoms with Gasteiger partial charge in [-0.15, -0.1) is 0 Å². The highest BCUT2D eigenvalue weighted by Crippen LogP contribution is 2.26. The van der Waals surface area contributed by atoms with E-state index in [1.54, 1.807) is 31.4 Å². The van der Waals surface area contributed by atoms with Crippen molar-refractivity contribution < 1.29 is 19.1 Å². The molecule has 88 valence electrons. The standard InChI is InChI=1S/C11H10N2O4/c1-16-7-4-2-6(3-5-7)8-9(10(14)15)17-11(12)13-8/h2-5H,1H3,(H2,12,13)(H,14,15). The molecule has 3 N–H and O–H groups in total. The minimum atomic E-state index is -1.21. The van der Waals surface area contributed by atoms with Gasteiger partial charge in [0.25, 0.3) is 6.01 Å². The number of carboxylic acid groups (broad SMARTS) is 1. The van der Waals surface area contributed by atoms with Gasteiger partial charge >= 0.3 is 5.97 Å². The topological polar surface area (TPSA) is 98.6 Å². The van der Waals surface area contributed by atoms with Gasteiger partial charge in [-0.2, -0.15) is 4.98 Å². The molecule has 0 unspecified atom stereocenters. The highest BCUT2D eigenvalue weighted by atomic mass is 16.5. The van der Waals surface area contributed by atoms with Crippen molar-refractivity contribution in [2.24, 2.45) is 0 Å². The Bertz CT molecular complexity index is 545. The summed E-state index contributed by atoms with van der Waals surface area (Å²) in [6, 6.07) is 6.59. The molecule has 1 aromatic carbocycles. The number of carbonyl (C=O) groups is 1. The maximum atomic E-state index is 10.9. The largest absolute Gasteiger partial charge is 0.497 e. The summed E-state index contributed by atoms with van der Waals surface area (Å²) in [5.74, 6) is -0.810. The van der Waals surface area contributed by atoms with Gasteiger partial charge in [-0.05, 0) is 24.3 Å². The summed E-state index contributed by atoms with van der Waals surface area (Å²) in [5, 5.41) is 8.93. The Morgan fingerprint density at radius 1 is 1.41 bits per heavy atom. The Hall–Kier alpha value is -2.50. The van der Waals surface area contributed by atoms with Crippen LogP contribution in [0.25, 0.3) is 11.3 Å². The fourth-order valence-electron chi connectivity index (χ4n) is 1.43. The summed E-state index contributed by atoms with van der Waals surface area (Å²) in [6.07, 6.45) is 0. The smallest absolute Gasteiger partial charge is 0.374 e. The molecular weight excluding hydrogens is 224 g/mol. The number of benzene rings is 1. The number of methoxy groups -OCH3 is 1. The van der Waals surface area contributed by atoms with E-state index in [0.29, 0.717) is 11.3 Å². The molecule has 6 nitrogen and oxygen atoms in total. The Kier molecular flexibility index (Phi) is 2.70. The highest BCUT2D eigenvalue weighted by molar-refractivity contribution is 5.92. The van der Waals surface area contributed by atoms with Crippen molar-refractivity contribution in [2.75, 3.05) is 12.8 Å². The lowest BCUT2D eigenvalue weighted by molar-refractivity contribution is 0.0665. The van der Waals surface area contributed by atoms with E-state index < -0.39 is 5.97 Å². The number of aromatic nitrogens is 1. The van der Waals surface area contributed by atoms with Gasteiger partial charge in [-0.3, -0.25) is 0 Å². The van der Waals surface area contributed by atoms with Crippen LogP contribution in [0.2, 0.25) is 0 Å². The molecule has 2 rings (SSSR count). The molecule has 0 aliphatic rings. The summed E-state index contributed by atoms with van der Waals surface area (Å²) in [7, 11) is 1.55. The van der Waals surface area contributed by atoms with Gasteiger partial charge in [0.05, 0.1) is 7.11 Å². The van der Waals surface area contributed by atoms with E-state index in [-0.39, 0.29) is 17.5 Å². The zero-order valence-electron chi connectivity index (χ0n) is 9.01. The lowest BCUT2D eigenvalue weighted by Gasteiger charge is -2.00. The highest BCUT2D eigenvalue weighted by Gasteiger charge is 2.19. The number of ether oxygens (including phenoxy) is 1. The second-order valence-corrected chi connectivity index (χ2v) is 3.26. The molecule has 2 aromatic rings. The third-order valence-electron chi connectivity index (χ3n) is 2.20. The van der Waals surface area contributed by atoms with Crippen LogP contribution in [-0.4, -0.2) is 23.2 Å². The fraction of sp³-hybridized carbons (Fsp3) is 0.0909. The number of anilines is 1. The predicted molar refractivity (Wildman–Crippen MR) is 59.9 cm³/mol. The molecule has 1 heterocycles. The first-order chi connectivity index (χ1) is 8.11. The van der Waals surface area contributed by atoms with E-state index >= 15 is 0 Å². The number of aromatic carboxylic acids is 1. The number of hydrogen-bond acceptors (Lipinski definition) is 5. The van der Waals surface area contributed by atoms with Crippen molar-refractivity contribution in [1.29, 1.82) is 0 Å². The summed E-state index contributed by atoms with van der Waals surface area (Å²) < 4.78 is 9.83. The lowest BCUT2D eigenvalue weighted by atomic mass is 10.1. The van der Waals surface area contributed by atoms with E-state index in [4.69, 9.17) is 20.0 Å². The molecule has 0 bridgehead atoms. The van der Waals surface area contributed by atoms with Crippen LogP contribution in [0.1, 0.15) is 10.6 Å². The normalized spacial score (nSPS) is 10.2. The van der Waals surface area contributed by atoms with Crippen LogP contribution in [0.3, 0.4) is 0 Å². The van der Waals surface area contributed by atoms with E-state index in [0.717, 1.165) is 0 Å². The van der Waals surface area contributed by atoms with Gasteiger partial charge < -0.3 is 20.0 Å². The molecule has 0 aliphatic carbocycles. The molecule has 0 saturated heterocycles. The van der Waals surface area contributed by atoms with Crippen molar-refractivity contribution in [2.45, 2.75) is 0 Å². The molecule has 0 saturated carbocycles. The van der Waals surface area contributed by atoms with Crippen molar-refractivity contribution in [3.63, 3.8) is 0 Å². The summed E-state index contributed by atoms with van der Waals surface area (Å²) in [5.41, 5.74) is 6.15. The van der Waals surface area contributed by atoms with Crippen molar-refractivity contribution in [1.82, 2.24) is 4.98 Å². The summed E-state index contributed by atoms with van der Waals surface area (Å²) >= 11 is 0. The second kappa shape index (κ2) is 4.17. The van der Waals surface area contributed by atoms with Crippen LogP contribution >= 0.6 is 0 Å². The fourth-order valence-corrected chi connectivity index (χ4v) is 1.43. The summed E-state index contributed by atoms with van der Waals surface area (Å²) in [6.45, 7) is 0. The Morgan fingerprint density at radius 2 is 2.06 bits per heavy atom. The zero-order valence-corrected chi connectivity index (χ0v) is 9.01. The van der Waals surface area contributed by atoms with Crippen LogP contribution in [0.15, 0.2) is 28.7 Å². The number of nitrogens with two attached hydrogens (primary N) is 1. The minimum Gasteiger partial charge on any atom is -0.497 e. The molecule has 0 atom stereocenters. The summed E-state index contributed by atoms with van der Waals surface area (Å²) in [4.78, 5) is 14.8. The maximum absolute atomic E-state index is 10.9. The molecule has 0 spiro atoms. The van der Waals surface area contributed by atoms with E-state index in [1.807, 2.05) is 0 Å². The Morgan fingerprint density at radius 3 is 2.59 bits per heavy atom. The SMILES string of the molecule is COc1ccc(-c2nc(N)oc2C(=O)O)cc1. The third-order valence-corrected chi connectivity index (χ3v) is 2.20. The van der Waals surface area contributed by atoms with Crippen LogP contribution < -0.4 is 10.5 Å². The van der Waals surface area contributed by atoms with Crippen molar-refractivity contribution >= 4 is 12.0 Å². The second-order valence-electron chi connectivity index (χ2n) is 3.26. The van der Waals surface area contributed by atoms with Crippen LogP contribution in [0, 0.1) is 0 Å². The van der Waals surface area contributed by atoms with Crippen LogP contribution in [0.5, 0.6) is 5.75 Å². The van der Waals surface area contributed by atoms with Gasteiger partial charge in [0.2, 0.25) is 5.76 Å². The average molecular weight is 234 g/mol. The number of carboxylic acids is 1. The van der Waals surface area contributed by atoms with Gasteiger partial charge in [-0.25, -0.2) is 4.79 Å². The van der Waals surface area contributed by atoms with Gasteiger partial charge in [0.1, 0.15) is 11.4 Å². The number of nitrogen functional groups attached to an aromatic ring is 1. The number of nitrogens with zero attached hydrogens (tertiary/aromatic N) is 1. The van der Waals surface area contributed by atoms with Gasteiger partial charge in [-0.1, -0.05) is 0 Å². The molecule has 0 radical (unpaired) electrons. The van der Waals surface area contributed by atoms with E-state index in [1.165, 1.54) is 0 Å². The molecule has 6 heteroatoms. The molecule has 0 fully saturated rings. The third kappa shape index (κ3) is 2.05. The van der Waals surface area contributed by atoms with Crippen molar-refractivity contribution in [3.8, 4) is 17.0 Å². The van der Waals surface area contributed by atoms with Gasteiger partial charge in [0.15, 0.2) is 0 Å². The molecule has 17 heavy (non-hydrogen) atoms. The quantitative estimate of drug-likeness (QED) is 0.837. The van der Waals surface area contributed by atoms with Crippen LogP contribution in [0.4, 0.5) is 6.01 Å².